The van der Waals surface area contributed by atoms with Crippen molar-refractivity contribution < 1.29 is 26.4 Å². The summed E-state index contributed by atoms with van der Waals surface area (Å²) in [6.45, 7) is 1.52. The molecule has 204 valence electrons. The van der Waals surface area contributed by atoms with Gasteiger partial charge in [-0.1, -0.05) is 18.6 Å². The van der Waals surface area contributed by atoms with Crippen LogP contribution in [0, 0.1) is 12.5 Å². The zero-order chi connectivity index (χ0) is 27.8. The SMILES string of the molecule is C#CN1C=CC=NC1(c1ccc(N2CCCS2(=O)=O)cc1)C1CN(c2ccc(C=O)c(C(F)(F)F)c2)CCN1. The van der Waals surface area contributed by atoms with E-state index in [0.717, 1.165) is 6.07 Å². The minimum atomic E-state index is -4.68. The van der Waals surface area contributed by atoms with Crippen molar-refractivity contribution in [2.75, 3.05) is 41.1 Å². The first-order chi connectivity index (χ1) is 18.6. The van der Waals surface area contributed by atoms with Crippen molar-refractivity contribution in [1.82, 2.24) is 10.2 Å². The first-order valence-electron chi connectivity index (χ1n) is 12.3. The Bertz CT molecular complexity index is 1470. The van der Waals surface area contributed by atoms with Crippen LogP contribution in [0.3, 0.4) is 0 Å². The first-order valence-corrected chi connectivity index (χ1v) is 13.9. The maximum absolute atomic E-state index is 13.6. The van der Waals surface area contributed by atoms with Gasteiger partial charge < -0.3 is 10.2 Å². The van der Waals surface area contributed by atoms with Crippen molar-refractivity contribution in [2.24, 2.45) is 4.99 Å². The predicted octanol–water partition coefficient (Wildman–Crippen LogP) is 3.18. The van der Waals surface area contributed by atoms with Crippen LogP contribution in [0.25, 0.3) is 0 Å². The lowest BCUT2D eigenvalue weighted by atomic mass is 9.87. The molecule has 2 atom stereocenters. The van der Waals surface area contributed by atoms with Gasteiger partial charge in [0, 0.05) is 61.5 Å². The zero-order valence-electron chi connectivity index (χ0n) is 20.8. The third kappa shape index (κ3) is 4.77. The number of sulfonamides is 1. The number of nitrogens with one attached hydrogen (secondary N) is 1. The van der Waals surface area contributed by atoms with Crippen LogP contribution in [0.5, 0.6) is 0 Å². The van der Waals surface area contributed by atoms with Crippen molar-refractivity contribution in [2.45, 2.75) is 24.3 Å². The largest absolute Gasteiger partial charge is 0.417 e. The lowest BCUT2D eigenvalue weighted by molar-refractivity contribution is -0.137. The molecule has 0 amide bonds. The Kier molecular flexibility index (Phi) is 6.90. The summed E-state index contributed by atoms with van der Waals surface area (Å²) in [7, 11) is -3.36. The lowest BCUT2D eigenvalue weighted by Crippen LogP contribution is -2.64. The molecule has 2 fully saturated rings. The minimum absolute atomic E-state index is 0.102. The van der Waals surface area contributed by atoms with Gasteiger partial charge in [0.1, 0.15) is 0 Å². The summed E-state index contributed by atoms with van der Waals surface area (Å²) >= 11 is 0. The van der Waals surface area contributed by atoms with E-state index in [1.54, 1.807) is 52.6 Å². The topological polar surface area (TPSA) is 85.3 Å². The van der Waals surface area contributed by atoms with Gasteiger partial charge in [0.15, 0.2) is 11.9 Å². The zero-order valence-corrected chi connectivity index (χ0v) is 21.6. The van der Waals surface area contributed by atoms with Gasteiger partial charge in [-0.2, -0.15) is 13.2 Å². The number of halogens is 3. The highest BCUT2D eigenvalue weighted by molar-refractivity contribution is 7.93. The van der Waals surface area contributed by atoms with Crippen LogP contribution >= 0.6 is 0 Å². The van der Waals surface area contributed by atoms with E-state index in [4.69, 9.17) is 11.4 Å². The number of anilines is 2. The number of aliphatic imine (C=N–C) groups is 1. The van der Waals surface area contributed by atoms with Gasteiger partial charge in [-0.05, 0) is 42.8 Å². The van der Waals surface area contributed by atoms with Crippen LogP contribution in [-0.4, -0.2) is 63.8 Å². The van der Waals surface area contributed by atoms with E-state index < -0.39 is 39.0 Å². The molecule has 2 unspecified atom stereocenters. The summed E-state index contributed by atoms with van der Waals surface area (Å²) in [6, 6.07) is 12.9. The summed E-state index contributed by atoms with van der Waals surface area (Å²) in [4.78, 5) is 19.4. The normalized spacial score (nSPS) is 24.6. The monoisotopic (exact) mass is 557 g/mol. The fraction of sp³-hybridized carbons (Fsp3) is 0.333. The maximum atomic E-state index is 13.6. The molecule has 0 bridgehead atoms. The molecule has 2 aromatic carbocycles. The summed E-state index contributed by atoms with van der Waals surface area (Å²) in [5, 5.41) is 3.43. The van der Waals surface area contributed by atoms with Crippen LogP contribution in [0.4, 0.5) is 24.5 Å². The predicted molar refractivity (Wildman–Crippen MR) is 143 cm³/mol. The summed E-state index contributed by atoms with van der Waals surface area (Å²) in [6.07, 6.45) is 6.99. The number of aldehydes is 1. The number of piperazine rings is 1. The molecule has 8 nitrogen and oxygen atoms in total. The molecular formula is C27H26F3N5O3S. The minimum Gasteiger partial charge on any atom is -0.368 e. The van der Waals surface area contributed by atoms with Crippen LogP contribution in [0.15, 0.2) is 59.7 Å². The van der Waals surface area contributed by atoms with Crippen molar-refractivity contribution >= 4 is 33.9 Å². The highest BCUT2D eigenvalue weighted by Gasteiger charge is 2.47. The molecule has 0 spiro atoms. The Morgan fingerprint density at radius 1 is 1.13 bits per heavy atom. The summed E-state index contributed by atoms with van der Waals surface area (Å²) < 4.78 is 67.1. The van der Waals surface area contributed by atoms with Gasteiger partial charge in [-0.15, -0.1) is 0 Å². The molecule has 3 aliphatic heterocycles. The van der Waals surface area contributed by atoms with E-state index in [9.17, 15) is 26.4 Å². The number of carbonyl (C=O) groups excluding carboxylic acids is 1. The number of allylic oxidation sites excluding steroid dienone is 1. The quantitative estimate of drug-likeness (QED) is 0.449. The van der Waals surface area contributed by atoms with E-state index >= 15 is 0 Å². The molecule has 2 saturated heterocycles. The molecule has 1 N–H and O–H groups in total. The Labute approximate surface area is 224 Å². The molecule has 0 saturated carbocycles. The van der Waals surface area contributed by atoms with Crippen LogP contribution < -0.4 is 14.5 Å². The Balaban J connectivity index is 1.51. The van der Waals surface area contributed by atoms with Gasteiger partial charge >= 0.3 is 6.18 Å². The number of nitrogens with zero attached hydrogens (tertiary/aromatic N) is 4. The highest BCUT2D eigenvalue weighted by atomic mass is 32.2. The number of hydrogen-bond acceptors (Lipinski definition) is 7. The Morgan fingerprint density at radius 2 is 1.87 bits per heavy atom. The molecule has 2 aromatic rings. The fourth-order valence-electron chi connectivity index (χ4n) is 5.42. The van der Waals surface area contributed by atoms with Crippen molar-refractivity contribution in [3.05, 3.63) is 71.4 Å². The van der Waals surface area contributed by atoms with E-state index in [1.165, 1.54) is 16.4 Å². The van der Waals surface area contributed by atoms with Gasteiger partial charge in [-0.25, -0.2) is 8.42 Å². The molecule has 3 aliphatic rings. The number of alkyl halides is 3. The average molecular weight is 558 g/mol. The van der Waals surface area contributed by atoms with Gasteiger partial charge in [-0.3, -0.25) is 19.0 Å². The fourth-order valence-corrected chi connectivity index (χ4v) is 6.98. The molecular weight excluding hydrogens is 531 g/mol. The number of hydrogen-bond donors (Lipinski definition) is 1. The number of terminal acetylenes is 1. The average Bonchev–Trinajstić information content (AvgIpc) is 3.30. The molecule has 0 aliphatic carbocycles. The molecule has 12 heteroatoms. The third-order valence-electron chi connectivity index (χ3n) is 7.27. The van der Waals surface area contributed by atoms with E-state index in [-0.39, 0.29) is 18.6 Å². The number of benzene rings is 2. The summed E-state index contributed by atoms with van der Waals surface area (Å²) in [5.74, 6) is 0.102. The Hall–Kier alpha value is -3.82. The molecule has 39 heavy (non-hydrogen) atoms. The van der Waals surface area contributed by atoms with Gasteiger partial charge in [0.2, 0.25) is 10.0 Å². The van der Waals surface area contributed by atoms with Crippen molar-refractivity contribution in [3.8, 4) is 12.5 Å². The van der Waals surface area contributed by atoms with Crippen LogP contribution in [0.1, 0.15) is 27.9 Å². The van der Waals surface area contributed by atoms with Crippen molar-refractivity contribution in [3.63, 3.8) is 0 Å². The standard InChI is InChI=1S/C27H26F3N5O3S/c1-2-34-13-3-11-32-26(34,21-6-9-22(10-7-21)35-14-4-16-39(35,37)38)25-18-33(15-12-31-25)23-8-5-20(19-36)24(17-23)27(28,29)30/h1,3,5-11,13,17,19,25,31H,4,12,14-16,18H2. The van der Waals surface area contributed by atoms with E-state index in [2.05, 4.69) is 11.4 Å². The van der Waals surface area contributed by atoms with E-state index in [1.807, 2.05) is 0 Å². The van der Waals surface area contributed by atoms with Gasteiger partial charge in [0.25, 0.3) is 0 Å². The molecule has 3 heterocycles. The number of carbonyl (C=O) groups is 1. The highest BCUT2D eigenvalue weighted by Crippen LogP contribution is 2.39. The van der Waals surface area contributed by atoms with Crippen molar-refractivity contribution in [1.29, 1.82) is 0 Å². The van der Waals surface area contributed by atoms with Gasteiger partial charge in [0.05, 0.1) is 23.0 Å². The first kappa shape index (κ1) is 26.8. The summed E-state index contributed by atoms with van der Waals surface area (Å²) in [5.41, 5.74) is -1.01. The molecule has 5 rings (SSSR count). The van der Waals surface area contributed by atoms with Crippen LogP contribution in [0.2, 0.25) is 0 Å². The van der Waals surface area contributed by atoms with E-state index in [0.29, 0.717) is 43.0 Å². The second kappa shape index (κ2) is 10.1. The third-order valence-corrected chi connectivity index (χ3v) is 9.14. The maximum Gasteiger partial charge on any atom is 0.417 e. The van der Waals surface area contributed by atoms with Crippen LogP contribution in [-0.2, 0) is 21.9 Å². The number of rotatable bonds is 5. The smallest absolute Gasteiger partial charge is 0.368 e. The Morgan fingerprint density at radius 3 is 2.51 bits per heavy atom. The molecule has 0 aromatic heterocycles. The lowest BCUT2D eigenvalue weighted by Gasteiger charge is -2.48. The second-order valence-corrected chi connectivity index (χ2v) is 11.5. The molecule has 0 radical (unpaired) electrons. The second-order valence-electron chi connectivity index (χ2n) is 9.47.